The smallest absolute Gasteiger partial charge is 0.0619 e. The predicted molar refractivity (Wildman–Crippen MR) is 86.9 cm³/mol. The first-order chi connectivity index (χ1) is 10.3. The minimum absolute atomic E-state index is 0.495. The van der Waals surface area contributed by atoms with Crippen LogP contribution in [-0.4, -0.2) is 55.2 Å². The number of rotatable bonds is 4. The third kappa shape index (κ3) is 3.59. The molecule has 0 aromatic heterocycles. The summed E-state index contributed by atoms with van der Waals surface area (Å²) in [6.45, 7) is 8.51. The molecule has 2 fully saturated rings. The lowest BCUT2D eigenvalue weighted by molar-refractivity contribution is -0.00452. The van der Waals surface area contributed by atoms with E-state index in [0.717, 1.165) is 37.9 Å². The average molecular weight is 309 g/mol. The van der Waals surface area contributed by atoms with Crippen LogP contribution in [-0.2, 0) is 4.74 Å². The number of ether oxygens (including phenoxy) is 1. The van der Waals surface area contributed by atoms with Gasteiger partial charge in [-0.15, -0.1) is 0 Å². The Morgan fingerprint density at radius 1 is 1.19 bits per heavy atom. The van der Waals surface area contributed by atoms with Crippen molar-refractivity contribution < 1.29 is 4.74 Å². The normalized spacial score (nSPS) is 28.1. The van der Waals surface area contributed by atoms with Crippen LogP contribution in [0.3, 0.4) is 0 Å². The third-order valence-corrected chi connectivity index (χ3v) is 5.15. The van der Waals surface area contributed by atoms with Crippen molar-refractivity contribution in [3.8, 4) is 0 Å². The lowest BCUT2D eigenvalue weighted by atomic mass is 10.0. The summed E-state index contributed by atoms with van der Waals surface area (Å²) in [6.07, 6.45) is 2.50. The van der Waals surface area contributed by atoms with Gasteiger partial charge in [0.1, 0.15) is 0 Å². The predicted octanol–water partition coefficient (Wildman–Crippen LogP) is 3.20. The fourth-order valence-electron chi connectivity index (χ4n) is 3.54. The summed E-state index contributed by atoms with van der Waals surface area (Å²) in [5.41, 5.74) is 1.30. The second-order valence-corrected chi connectivity index (χ2v) is 6.58. The molecule has 0 aliphatic carbocycles. The standard InChI is InChI=1S/C17H25ClN2O/c1-14-13-21-12-11-19(14)9-10-20-8-4-7-17(20)15-5-2-3-6-16(15)18/h2-3,5-6,14,17H,4,7-13H2,1H3. The van der Waals surface area contributed by atoms with E-state index in [2.05, 4.69) is 28.9 Å². The molecule has 2 atom stereocenters. The largest absolute Gasteiger partial charge is 0.379 e. The Balaban J connectivity index is 1.61. The Bertz CT molecular complexity index is 468. The van der Waals surface area contributed by atoms with Gasteiger partial charge in [-0.2, -0.15) is 0 Å². The highest BCUT2D eigenvalue weighted by atomic mass is 35.5. The van der Waals surface area contributed by atoms with Gasteiger partial charge in [0.2, 0.25) is 0 Å². The van der Waals surface area contributed by atoms with Gasteiger partial charge in [-0.05, 0) is 37.9 Å². The van der Waals surface area contributed by atoms with Gasteiger partial charge in [0.15, 0.2) is 0 Å². The van der Waals surface area contributed by atoms with Gasteiger partial charge in [0, 0.05) is 36.7 Å². The SMILES string of the molecule is CC1COCCN1CCN1CCCC1c1ccccc1Cl. The van der Waals surface area contributed by atoms with Crippen LogP contribution >= 0.6 is 11.6 Å². The van der Waals surface area contributed by atoms with Crippen molar-refractivity contribution in [3.05, 3.63) is 34.9 Å². The summed E-state index contributed by atoms with van der Waals surface area (Å²) >= 11 is 6.39. The van der Waals surface area contributed by atoms with Gasteiger partial charge in [0.25, 0.3) is 0 Å². The van der Waals surface area contributed by atoms with E-state index < -0.39 is 0 Å². The van der Waals surface area contributed by atoms with E-state index in [4.69, 9.17) is 16.3 Å². The fourth-order valence-corrected chi connectivity index (χ4v) is 3.80. The molecule has 0 radical (unpaired) electrons. The molecule has 1 aromatic carbocycles. The quantitative estimate of drug-likeness (QED) is 0.849. The van der Waals surface area contributed by atoms with Crippen molar-refractivity contribution in [2.75, 3.05) is 39.4 Å². The summed E-state index contributed by atoms with van der Waals surface area (Å²) < 4.78 is 5.52. The number of nitrogens with zero attached hydrogens (tertiary/aromatic N) is 2. The van der Waals surface area contributed by atoms with E-state index >= 15 is 0 Å². The summed E-state index contributed by atoms with van der Waals surface area (Å²) in [5.74, 6) is 0. The van der Waals surface area contributed by atoms with Crippen LogP contribution in [0, 0.1) is 0 Å². The van der Waals surface area contributed by atoms with Crippen molar-refractivity contribution in [1.29, 1.82) is 0 Å². The van der Waals surface area contributed by atoms with E-state index in [1.165, 1.54) is 24.9 Å². The van der Waals surface area contributed by atoms with Crippen LogP contribution in [0.1, 0.15) is 31.4 Å². The summed E-state index contributed by atoms with van der Waals surface area (Å²) in [5, 5.41) is 0.911. The lowest BCUT2D eigenvalue weighted by Crippen LogP contribution is -2.46. The fraction of sp³-hybridized carbons (Fsp3) is 0.647. The van der Waals surface area contributed by atoms with Crippen LogP contribution in [0.4, 0.5) is 0 Å². The molecule has 1 aromatic rings. The number of benzene rings is 1. The highest BCUT2D eigenvalue weighted by molar-refractivity contribution is 6.31. The molecule has 21 heavy (non-hydrogen) atoms. The molecule has 0 amide bonds. The van der Waals surface area contributed by atoms with Gasteiger partial charge in [0.05, 0.1) is 13.2 Å². The minimum atomic E-state index is 0.495. The molecule has 0 N–H and O–H groups in total. The second kappa shape index (κ2) is 7.10. The van der Waals surface area contributed by atoms with Crippen molar-refractivity contribution in [3.63, 3.8) is 0 Å². The topological polar surface area (TPSA) is 15.7 Å². The van der Waals surface area contributed by atoms with Gasteiger partial charge in [-0.1, -0.05) is 29.8 Å². The Kier molecular flexibility index (Phi) is 5.17. The minimum Gasteiger partial charge on any atom is -0.379 e. The summed E-state index contributed by atoms with van der Waals surface area (Å²) in [4.78, 5) is 5.15. The molecule has 0 saturated carbocycles. The third-order valence-electron chi connectivity index (χ3n) is 4.81. The molecule has 116 valence electrons. The van der Waals surface area contributed by atoms with Crippen LogP contribution in [0.15, 0.2) is 24.3 Å². The monoisotopic (exact) mass is 308 g/mol. The molecule has 0 bridgehead atoms. The highest BCUT2D eigenvalue weighted by Gasteiger charge is 2.28. The number of morpholine rings is 1. The Morgan fingerprint density at radius 2 is 2.00 bits per heavy atom. The maximum Gasteiger partial charge on any atom is 0.0619 e. The molecular weight excluding hydrogens is 284 g/mol. The summed E-state index contributed by atoms with van der Waals surface area (Å²) in [6, 6.07) is 9.35. The molecule has 2 aliphatic rings. The van der Waals surface area contributed by atoms with Crippen LogP contribution < -0.4 is 0 Å². The van der Waals surface area contributed by atoms with Crippen molar-refractivity contribution in [2.24, 2.45) is 0 Å². The van der Waals surface area contributed by atoms with E-state index in [0.29, 0.717) is 12.1 Å². The summed E-state index contributed by atoms with van der Waals surface area (Å²) in [7, 11) is 0. The number of hydrogen-bond donors (Lipinski definition) is 0. The first-order valence-corrected chi connectivity index (χ1v) is 8.44. The van der Waals surface area contributed by atoms with E-state index in [9.17, 15) is 0 Å². The molecule has 3 nitrogen and oxygen atoms in total. The van der Waals surface area contributed by atoms with E-state index in [1.807, 2.05) is 12.1 Å². The van der Waals surface area contributed by atoms with Crippen LogP contribution in [0.5, 0.6) is 0 Å². The number of hydrogen-bond acceptors (Lipinski definition) is 3. The first kappa shape index (κ1) is 15.3. The zero-order valence-corrected chi connectivity index (χ0v) is 13.6. The first-order valence-electron chi connectivity index (χ1n) is 8.06. The van der Waals surface area contributed by atoms with E-state index in [-0.39, 0.29) is 0 Å². The lowest BCUT2D eigenvalue weighted by Gasteiger charge is -2.35. The van der Waals surface area contributed by atoms with Crippen molar-refractivity contribution in [2.45, 2.75) is 31.8 Å². The molecule has 3 rings (SSSR count). The maximum absolute atomic E-state index is 6.39. The number of halogens is 1. The van der Waals surface area contributed by atoms with Gasteiger partial charge < -0.3 is 4.74 Å². The zero-order valence-electron chi connectivity index (χ0n) is 12.8. The molecule has 2 heterocycles. The van der Waals surface area contributed by atoms with Gasteiger partial charge in [-0.3, -0.25) is 9.80 Å². The molecular formula is C17H25ClN2O. The second-order valence-electron chi connectivity index (χ2n) is 6.18. The van der Waals surface area contributed by atoms with Crippen molar-refractivity contribution >= 4 is 11.6 Å². The average Bonchev–Trinajstić information content (AvgIpc) is 2.95. The molecule has 4 heteroatoms. The Hall–Kier alpha value is -0.610. The Labute approximate surface area is 132 Å². The Morgan fingerprint density at radius 3 is 2.81 bits per heavy atom. The molecule has 2 saturated heterocycles. The number of likely N-dealkylation sites (tertiary alicyclic amines) is 1. The molecule has 0 spiro atoms. The molecule has 2 unspecified atom stereocenters. The van der Waals surface area contributed by atoms with Crippen LogP contribution in [0.2, 0.25) is 5.02 Å². The van der Waals surface area contributed by atoms with Gasteiger partial charge in [-0.25, -0.2) is 0 Å². The highest BCUT2D eigenvalue weighted by Crippen LogP contribution is 2.35. The van der Waals surface area contributed by atoms with E-state index in [1.54, 1.807) is 0 Å². The van der Waals surface area contributed by atoms with Crippen LogP contribution in [0.25, 0.3) is 0 Å². The van der Waals surface area contributed by atoms with Gasteiger partial charge >= 0.3 is 0 Å². The maximum atomic E-state index is 6.39. The molecule has 2 aliphatic heterocycles. The van der Waals surface area contributed by atoms with Crippen molar-refractivity contribution in [1.82, 2.24) is 9.80 Å². The zero-order chi connectivity index (χ0) is 14.7.